The van der Waals surface area contributed by atoms with Gasteiger partial charge in [0.2, 0.25) is 5.91 Å². The van der Waals surface area contributed by atoms with Crippen LogP contribution in [0.3, 0.4) is 0 Å². The molecule has 5 nitrogen and oxygen atoms in total. The van der Waals surface area contributed by atoms with Gasteiger partial charge in [-0.3, -0.25) is 9.59 Å². The van der Waals surface area contributed by atoms with Gasteiger partial charge in [-0.25, -0.2) is 0 Å². The van der Waals surface area contributed by atoms with Gasteiger partial charge in [0.15, 0.2) is 0 Å². The molecule has 0 saturated carbocycles. The molecule has 1 unspecified atom stereocenters. The number of aliphatic carboxylic acids is 1. The predicted octanol–water partition coefficient (Wildman–Crippen LogP) is 1.16. The second-order valence-corrected chi connectivity index (χ2v) is 4.72. The number of rotatable bonds is 4. The molecule has 1 aliphatic heterocycles. The van der Waals surface area contributed by atoms with Crippen LogP contribution in [-0.4, -0.2) is 36.1 Å². The van der Waals surface area contributed by atoms with E-state index in [0.717, 1.165) is 11.3 Å². The van der Waals surface area contributed by atoms with E-state index in [4.69, 9.17) is 5.11 Å². The van der Waals surface area contributed by atoms with Crippen LogP contribution in [0, 0.1) is 6.92 Å². The average molecular weight is 262 g/mol. The van der Waals surface area contributed by atoms with Crippen molar-refractivity contribution in [2.45, 2.75) is 25.8 Å². The summed E-state index contributed by atoms with van der Waals surface area (Å²) in [5, 5.41) is 11.8. The molecule has 0 spiro atoms. The van der Waals surface area contributed by atoms with Crippen LogP contribution >= 0.6 is 0 Å². The number of aryl methyl sites for hydroxylation is 1. The van der Waals surface area contributed by atoms with Crippen molar-refractivity contribution in [3.05, 3.63) is 29.8 Å². The number of carboxylic acid groups (broad SMARTS) is 1. The van der Waals surface area contributed by atoms with Gasteiger partial charge in [-0.05, 0) is 25.0 Å². The van der Waals surface area contributed by atoms with Gasteiger partial charge in [-0.1, -0.05) is 18.2 Å². The van der Waals surface area contributed by atoms with E-state index in [9.17, 15) is 9.59 Å². The molecule has 1 heterocycles. The van der Waals surface area contributed by atoms with Crippen molar-refractivity contribution < 1.29 is 14.7 Å². The lowest BCUT2D eigenvalue weighted by Gasteiger charge is -2.34. The van der Waals surface area contributed by atoms with Crippen LogP contribution in [0.1, 0.15) is 18.4 Å². The summed E-state index contributed by atoms with van der Waals surface area (Å²) in [7, 11) is 0. The molecule has 19 heavy (non-hydrogen) atoms. The van der Waals surface area contributed by atoms with Crippen LogP contribution in [0.25, 0.3) is 0 Å². The monoisotopic (exact) mass is 262 g/mol. The number of piperazine rings is 1. The summed E-state index contributed by atoms with van der Waals surface area (Å²) in [6, 6.07) is 7.34. The molecule has 1 aliphatic rings. The Morgan fingerprint density at radius 3 is 2.89 bits per heavy atom. The highest BCUT2D eigenvalue weighted by molar-refractivity contribution is 5.98. The molecule has 2 N–H and O–H groups in total. The molecule has 0 aromatic heterocycles. The largest absolute Gasteiger partial charge is 0.481 e. The van der Waals surface area contributed by atoms with Gasteiger partial charge >= 0.3 is 5.97 Å². The topological polar surface area (TPSA) is 69.6 Å². The Morgan fingerprint density at radius 2 is 2.21 bits per heavy atom. The first-order chi connectivity index (χ1) is 9.09. The summed E-state index contributed by atoms with van der Waals surface area (Å²) in [6.07, 6.45) is 0.335. The number of anilines is 1. The van der Waals surface area contributed by atoms with Crippen LogP contribution < -0.4 is 10.2 Å². The van der Waals surface area contributed by atoms with Crippen LogP contribution in [0.4, 0.5) is 5.69 Å². The summed E-state index contributed by atoms with van der Waals surface area (Å²) >= 11 is 0. The van der Waals surface area contributed by atoms with E-state index in [1.54, 1.807) is 4.90 Å². The summed E-state index contributed by atoms with van der Waals surface area (Å²) in [6.45, 7) is 3.27. The molecule has 0 bridgehead atoms. The zero-order chi connectivity index (χ0) is 13.8. The smallest absolute Gasteiger partial charge is 0.303 e. The molecule has 1 atom stereocenters. The standard InChI is InChI=1S/C14H18N2O3/c1-10-4-2-3-5-12(10)16-9-8-15-11(14(16)19)6-7-13(17)18/h2-5,11,15H,6-9H2,1H3,(H,17,18). The molecule has 102 valence electrons. The van der Waals surface area contributed by atoms with Gasteiger partial charge in [-0.15, -0.1) is 0 Å². The summed E-state index contributed by atoms with van der Waals surface area (Å²) in [5.41, 5.74) is 1.96. The lowest BCUT2D eigenvalue weighted by Crippen LogP contribution is -2.55. The van der Waals surface area contributed by atoms with E-state index in [0.29, 0.717) is 19.5 Å². The van der Waals surface area contributed by atoms with E-state index in [-0.39, 0.29) is 12.3 Å². The van der Waals surface area contributed by atoms with Gasteiger partial charge in [0.1, 0.15) is 0 Å². The van der Waals surface area contributed by atoms with Crippen molar-refractivity contribution in [3.63, 3.8) is 0 Å². The van der Waals surface area contributed by atoms with Crippen molar-refractivity contribution in [2.75, 3.05) is 18.0 Å². The highest BCUT2D eigenvalue weighted by Gasteiger charge is 2.29. The SMILES string of the molecule is Cc1ccccc1N1CCNC(CCC(=O)O)C1=O. The molecular weight excluding hydrogens is 244 g/mol. The van der Waals surface area contributed by atoms with Crippen molar-refractivity contribution in [1.82, 2.24) is 5.32 Å². The van der Waals surface area contributed by atoms with Crippen molar-refractivity contribution in [3.8, 4) is 0 Å². The van der Waals surface area contributed by atoms with E-state index in [1.807, 2.05) is 31.2 Å². The minimum atomic E-state index is -0.873. The van der Waals surface area contributed by atoms with E-state index < -0.39 is 12.0 Å². The first-order valence-corrected chi connectivity index (χ1v) is 6.42. The first-order valence-electron chi connectivity index (χ1n) is 6.42. The second kappa shape index (κ2) is 5.84. The molecule has 1 fully saturated rings. The number of nitrogens with one attached hydrogen (secondary N) is 1. The second-order valence-electron chi connectivity index (χ2n) is 4.72. The molecule has 1 amide bonds. The van der Waals surface area contributed by atoms with Crippen LogP contribution in [0.5, 0.6) is 0 Å². The van der Waals surface area contributed by atoms with E-state index >= 15 is 0 Å². The predicted molar refractivity (Wildman–Crippen MR) is 72.2 cm³/mol. The van der Waals surface area contributed by atoms with Crippen molar-refractivity contribution in [2.24, 2.45) is 0 Å². The minimum absolute atomic E-state index is 0.00498. The maximum atomic E-state index is 12.4. The van der Waals surface area contributed by atoms with Crippen LogP contribution in [-0.2, 0) is 9.59 Å². The Morgan fingerprint density at radius 1 is 1.47 bits per heavy atom. The number of hydrogen-bond acceptors (Lipinski definition) is 3. The van der Waals surface area contributed by atoms with Gasteiger partial charge in [0.25, 0.3) is 0 Å². The highest BCUT2D eigenvalue weighted by Crippen LogP contribution is 2.22. The fourth-order valence-corrected chi connectivity index (χ4v) is 2.33. The third-order valence-electron chi connectivity index (χ3n) is 3.34. The zero-order valence-electron chi connectivity index (χ0n) is 10.9. The molecule has 1 aromatic carbocycles. The molecular formula is C14H18N2O3. The van der Waals surface area contributed by atoms with Gasteiger partial charge in [-0.2, -0.15) is 0 Å². The Balaban J connectivity index is 2.12. The lowest BCUT2D eigenvalue weighted by atomic mass is 10.1. The van der Waals surface area contributed by atoms with E-state index in [2.05, 4.69) is 5.32 Å². The number of carboxylic acids is 1. The first kappa shape index (κ1) is 13.5. The normalized spacial score (nSPS) is 19.5. The van der Waals surface area contributed by atoms with Crippen LogP contribution in [0.2, 0.25) is 0 Å². The lowest BCUT2D eigenvalue weighted by molar-refractivity contribution is -0.137. The highest BCUT2D eigenvalue weighted by atomic mass is 16.4. The molecule has 1 aromatic rings. The fourth-order valence-electron chi connectivity index (χ4n) is 2.33. The number of hydrogen-bond donors (Lipinski definition) is 2. The molecule has 1 saturated heterocycles. The Kier molecular flexibility index (Phi) is 4.16. The zero-order valence-corrected chi connectivity index (χ0v) is 10.9. The molecule has 5 heteroatoms. The number of nitrogens with zero attached hydrogens (tertiary/aromatic N) is 1. The van der Waals surface area contributed by atoms with Crippen molar-refractivity contribution >= 4 is 17.6 Å². The third-order valence-corrected chi connectivity index (χ3v) is 3.34. The summed E-state index contributed by atoms with van der Waals surface area (Å²) in [5.74, 6) is -0.913. The number of amides is 1. The Labute approximate surface area is 112 Å². The van der Waals surface area contributed by atoms with Gasteiger partial charge < -0.3 is 15.3 Å². The number of carbonyl (C=O) groups is 2. The third kappa shape index (κ3) is 3.12. The minimum Gasteiger partial charge on any atom is -0.481 e. The Bertz CT molecular complexity index is 487. The van der Waals surface area contributed by atoms with Crippen molar-refractivity contribution in [1.29, 1.82) is 0 Å². The van der Waals surface area contributed by atoms with E-state index in [1.165, 1.54) is 0 Å². The summed E-state index contributed by atoms with van der Waals surface area (Å²) < 4.78 is 0. The fraction of sp³-hybridized carbons (Fsp3) is 0.429. The summed E-state index contributed by atoms with van der Waals surface area (Å²) in [4.78, 5) is 24.7. The number of carbonyl (C=O) groups excluding carboxylic acids is 1. The molecule has 2 rings (SSSR count). The van der Waals surface area contributed by atoms with Crippen LogP contribution in [0.15, 0.2) is 24.3 Å². The van der Waals surface area contributed by atoms with Gasteiger partial charge in [0.05, 0.1) is 6.04 Å². The average Bonchev–Trinajstić information content (AvgIpc) is 2.38. The van der Waals surface area contributed by atoms with Gasteiger partial charge in [0, 0.05) is 25.2 Å². The molecule has 0 radical (unpaired) electrons. The number of benzene rings is 1. The maximum absolute atomic E-state index is 12.4. The Hall–Kier alpha value is -1.88. The quantitative estimate of drug-likeness (QED) is 0.854. The number of para-hydroxylation sites is 1. The molecule has 0 aliphatic carbocycles. The maximum Gasteiger partial charge on any atom is 0.303 e.